The molecule has 0 unspecified atom stereocenters. The lowest BCUT2D eigenvalue weighted by atomic mass is 9.98. The van der Waals surface area contributed by atoms with Crippen molar-refractivity contribution in [3.05, 3.63) is 47.1 Å². The number of rotatable bonds is 6. The first-order valence-corrected chi connectivity index (χ1v) is 10.4. The molecule has 0 radical (unpaired) electrons. The molecule has 2 aromatic rings. The van der Waals surface area contributed by atoms with E-state index in [1.54, 1.807) is 0 Å². The fraction of sp³-hybridized carbons (Fsp3) is 0.500. The van der Waals surface area contributed by atoms with Crippen molar-refractivity contribution in [2.24, 2.45) is 0 Å². The van der Waals surface area contributed by atoms with Crippen LogP contribution < -0.4 is 9.64 Å². The maximum absolute atomic E-state index is 14.1. The minimum absolute atomic E-state index is 0.0429. The van der Waals surface area contributed by atoms with Crippen molar-refractivity contribution in [3.63, 3.8) is 0 Å². The van der Waals surface area contributed by atoms with Crippen molar-refractivity contribution in [1.82, 2.24) is 9.97 Å². The van der Waals surface area contributed by atoms with Gasteiger partial charge in [0.15, 0.2) is 11.0 Å². The minimum Gasteiger partial charge on any atom is -0.489 e. The zero-order valence-corrected chi connectivity index (χ0v) is 18.4. The first-order chi connectivity index (χ1) is 14.1. The topological polar surface area (TPSA) is 64.6 Å². The molecule has 3 rings (SSSR count). The van der Waals surface area contributed by atoms with Gasteiger partial charge in [-0.25, -0.2) is 9.97 Å². The lowest BCUT2D eigenvalue weighted by Gasteiger charge is -2.21. The summed E-state index contributed by atoms with van der Waals surface area (Å²) in [4.78, 5) is 21.5. The van der Waals surface area contributed by atoms with Gasteiger partial charge in [0, 0.05) is 13.0 Å². The van der Waals surface area contributed by atoms with Gasteiger partial charge >= 0.3 is 5.97 Å². The van der Waals surface area contributed by atoms with E-state index in [0.717, 1.165) is 17.7 Å². The number of halogens is 2. The Bertz CT molecular complexity index is 886. The Morgan fingerprint density at radius 3 is 2.67 bits per heavy atom. The molecule has 1 aromatic heterocycles. The second-order valence-electron chi connectivity index (χ2n) is 8.54. The Kier molecular flexibility index (Phi) is 6.81. The molecule has 162 valence electrons. The number of nitrogens with zero attached hydrogens (tertiary/aromatic N) is 3. The van der Waals surface area contributed by atoms with Gasteiger partial charge in [-0.05, 0) is 44.4 Å². The highest BCUT2D eigenvalue weighted by atomic mass is 35.5. The summed E-state index contributed by atoms with van der Waals surface area (Å²) in [6.45, 7) is 8.72. The van der Waals surface area contributed by atoms with E-state index in [9.17, 15) is 9.18 Å². The predicted molar refractivity (Wildman–Crippen MR) is 114 cm³/mol. The first-order valence-electron chi connectivity index (χ1n) is 10.0. The molecular formula is C22H27ClFN3O3. The summed E-state index contributed by atoms with van der Waals surface area (Å²) in [5.41, 5.74) is 0.558. The van der Waals surface area contributed by atoms with Gasteiger partial charge in [0.1, 0.15) is 23.8 Å². The molecule has 0 saturated carbocycles. The summed E-state index contributed by atoms with van der Waals surface area (Å²) in [7, 11) is 0. The van der Waals surface area contributed by atoms with Crippen LogP contribution in [0.4, 0.5) is 10.2 Å². The maximum atomic E-state index is 14.1. The molecule has 1 aliphatic heterocycles. The average Bonchev–Trinajstić information content (AvgIpc) is 3.11. The van der Waals surface area contributed by atoms with Crippen molar-refractivity contribution in [2.75, 3.05) is 18.0 Å². The number of hydrogen-bond acceptors (Lipinski definition) is 6. The molecule has 0 aliphatic carbocycles. The van der Waals surface area contributed by atoms with Gasteiger partial charge in [-0.3, -0.25) is 4.79 Å². The van der Waals surface area contributed by atoms with Crippen LogP contribution in [0, 0.1) is 5.82 Å². The second kappa shape index (κ2) is 9.16. The van der Waals surface area contributed by atoms with E-state index >= 15 is 0 Å². The molecule has 2 atom stereocenters. The molecule has 0 amide bonds. The van der Waals surface area contributed by atoms with Crippen molar-refractivity contribution < 1.29 is 18.7 Å². The lowest BCUT2D eigenvalue weighted by Crippen LogP contribution is -2.26. The fourth-order valence-electron chi connectivity index (χ4n) is 3.40. The summed E-state index contributed by atoms with van der Waals surface area (Å²) >= 11 is 5.75. The molecule has 6 nitrogen and oxygen atoms in total. The van der Waals surface area contributed by atoms with Gasteiger partial charge in [0.2, 0.25) is 5.82 Å². The Labute approximate surface area is 181 Å². The van der Waals surface area contributed by atoms with Crippen molar-refractivity contribution in [2.45, 2.75) is 58.2 Å². The summed E-state index contributed by atoms with van der Waals surface area (Å²) in [5, 5.41) is -0.180. The van der Waals surface area contributed by atoms with E-state index in [-0.39, 0.29) is 29.0 Å². The monoisotopic (exact) mass is 435 g/mol. The van der Waals surface area contributed by atoms with Gasteiger partial charge in [-0.1, -0.05) is 30.7 Å². The van der Waals surface area contributed by atoms with E-state index < -0.39 is 11.4 Å². The molecule has 0 spiro atoms. The van der Waals surface area contributed by atoms with Gasteiger partial charge in [-0.15, -0.1) is 0 Å². The largest absolute Gasteiger partial charge is 0.489 e. The summed E-state index contributed by atoms with van der Waals surface area (Å²) < 4.78 is 25.6. The first kappa shape index (κ1) is 22.3. The number of benzene rings is 1. The summed E-state index contributed by atoms with van der Waals surface area (Å²) in [6.07, 6.45) is 2.25. The van der Waals surface area contributed by atoms with Crippen LogP contribution in [0.1, 0.15) is 52.0 Å². The maximum Gasteiger partial charge on any atom is 0.306 e. The highest BCUT2D eigenvalue weighted by Crippen LogP contribution is 2.28. The predicted octanol–water partition coefficient (Wildman–Crippen LogP) is 4.76. The molecule has 1 aromatic carbocycles. The standard InChI is InChI=1S/C22H27ClFN3O3/c1-14(11-18(28)30-22(2,3)4)15-5-7-16(8-6-15)29-17-9-10-27(12-17)21-19(24)20(23)25-13-26-21/h5-8,13-14,17H,9-12H2,1-4H3/t14-,17-/m1/s1. The molecule has 1 aliphatic rings. The number of esters is 1. The summed E-state index contributed by atoms with van der Waals surface area (Å²) in [6, 6.07) is 7.71. The van der Waals surface area contributed by atoms with Crippen LogP contribution in [-0.4, -0.2) is 40.7 Å². The molecule has 30 heavy (non-hydrogen) atoms. The number of carbonyl (C=O) groups is 1. The molecule has 1 fully saturated rings. The zero-order chi connectivity index (χ0) is 21.9. The number of ether oxygens (including phenoxy) is 2. The number of carbonyl (C=O) groups excluding carboxylic acids is 1. The van der Waals surface area contributed by atoms with E-state index in [0.29, 0.717) is 19.5 Å². The van der Waals surface area contributed by atoms with E-state index in [4.69, 9.17) is 21.1 Å². The highest BCUT2D eigenvalue weighted by molar-refractivity contribution is 6.29. The molecule has 2 heterocycles. The van der Waals surface area contributed by atoms with E-state index in [1.807, 2.05) is 56.9 Å². The molecule has 0 bridgehead atoms. The molecule has 1 saturated heterocycles. The Balaban J connectivity index is 1.55. The number of anilines is 1. The highest BCUT2D eigenvalue weighted by Gasteiger charge is 2.28. The van der Waals surface area contributed by atoms with Gasteiger partial charge in [0.25, 0.3) is 0 Å². The minimum atomic E-state index is -0.608. The second-order valence-corrected chi connectivity index (χ2v) is 8.90. The molecular weight excluding hydrogens is 409 g/mol. The quantitative estimate of drug-likeness (QED) is 0.481. The van der Waals surface area contributed by atoms with Crippen molar-refractivity contribution in [1.29, 1.82) is 0 Å². The van der Waals surface area contributed by atoms with Crippen LogP contribution in [0.25, 0.3) is 0 Å². The zero-order valence-electron chi connectivity index (χ0n) is 17.7. The van der Waals surface area contributed by atoms with Gasteiger partial charge in [0.05, 0.1) is 13.0 Å². The molecule has 0 N–H and O–H groups in total. The van der Waals surface area contributed by atoms with Crippen LogP contribution in [0.3, 0.4) is 0 Å². The van der Waals surface area contributed by atoms with Crippen LogP contribution in [0.15, 0.2) is 30.6 Å². The Morgan fingerprint density at radius 2 is 2.00 bits per heavy atom. The third-order valence-corrected chi connectivity index (χ3v) is 5.08. The SMILES string of the molecule is C[C@H](CC(=O)OC(C)(C)C)c1ccc(O[C@@H]2CCN(c3ncnc(Cl)c3F)C2)cc1. The van der Waals surface area contributed by atoms with E-state index in [2.05, 4.69) is 9.97 Å². The Hall–Kier alpha value is -2.41. The van der Waals surface area contributed by atoms with E-state index in [1.165, 1.54) is 6.33 Å². The normalized spacial score (nSPS) is 17.7. The van der Waals surface area contributed by atoms with Crippen molar-refractivity contribution >= 4 is 23.4 Å². The number of hydrogen-bond donors (Lipinski definition) is 0. The summed E-state index contributed by atoms with van der Waals surface area (Å²) in [5.74, 6) is 0.159. The van der Waals surface area contributed by atoms with Crippen LogP contribution in [0.2, 0.25) is 5.15 Å². The molecule has 8 heteroatoms. The van der Waals surface area contributed by atoms with Crippen LogP contribution in [-0.2, 0) is 9.53 Å². The Morgan fingerprint density at radius 1 is 1.30 bits per heavy atom. The fourth-order valence-corrected chi connectivity index (χ4v) is 3.52. The van der Waals surface area contributed by atoms with Crippen LogP contribution in [0.5, 0.6) is 5.75 Å². The van der Waals surface area contributed by atoms with Crippen LogP contribution >= 0.6 is 11.6 Å². The average molecular weight is 436 g/mol. The van der Waals surface area contributed by atoms with Crippen molar-refractivity contribution in [3.8, 4) is 5.75 Å². The third kappa shape index (κ3) is 5.81. The van der Waals surface area contributed by atoms with Gasteiger partial charge < -0.3 is 14.4 Å². The van der Waals surface area contributed by atoms with Gasteiger partial charge in [-0.2, -0.15) is 4.39 Å². The number of aromatic nitrogens is 2. The smallest absolute Gasteiger partial charge is 0.306 e. The third-order valence-electron chi connectivity index (χ3n) is 4.82. The lowest BCUT2D eigenvalue weighted by molar-refractivity contribution is -0.155.